The molecule has 2 atom stereocenters. The van der Waals surface area contributed by atoms with Crippen molar-refractivity contribution in [2.45, 2.75) is 64.8 Å². The Morgan fingerprint density at radius 3 is 2.46 bits per heavy atom. The maximum atomic E-state index is 5.74. The number of unbranched alkanes of at least 4 members (excludes halogenated alkanes) is 2. The van der Waals surface area contributed by atoms with Gasteiger partial charge in [-0.05, 0) is 19.3 Å². The smallest absolute Gasteiger partial charge is 0.158 e. The Kier molecular flexibility index (Phi) is 5.40. The Hall–Kier alpha value is -0.0800. The van der Waals surface area contributed by atoms with Gasteiger partial charge in [-0.3, -0.25) is 0 Å². The minimum Gasteiger partial charge on any atom is -0.350 e. The Balaban J connectivity index is 2.05. The monoisotopic (exact) mass is 186 g/mol. The van der Waals surface area contributed by atoms with Crippen molar-refractivity contribution in [3.05, 3.63) is 0 Å². The van der Waals surface area contributed by atoms with E-state index >= 15 is 0 Å². The molecule has 1 aliphatic heterocycles. The Bertz CT molecular complexity index is 111. The topological polar surface area (TPSA) is 18.5 Å². The van der Waals surface area contributed by atoms with E-state index in [0.29, 0.717) is 6.10 Å². The third-order valence-corrected chi connectivity index (χ3v) is 2.49. The second-order valence-corrected chi connectivity index (χ2v) is 3.81. The molecule has 0 aromatic rings. The minimum atomic E-state index is 0.0989. The molecular formula is C11H22O2. The molecule has 0 radical (unpaired) electrons. The first-order valence-electron chi connectivity index (χ1n) is 5.63. The van der Waals surface area contributed by atoms with E-state index in [1.165, 1.54) is 32.1 Å². The van der Waals surface area contributed by atoms with Crippen LogP contribution in [0, 0.1) is 0 Å². The van der Waals surface area contributed by atoms with Gasteiger partial charge >= 0.3 is 0 Å². The molecule has 1 saturated heterocycles. The molecule has 2 unspecified atom stereocenters. The van der Waals surface area contributed by atoms with Crippen LogP contribution in [0.2, 0.25) is 0 Å². The van der Waals surface area contributed by atoms with Crippen molar-refractivity contribution in [2.75, 3.05) is 6.61 Å². The van der Waals surface area contributed by atoms with E-state index in [4.69, 9.17) is 9.47 Å². The molecule has 13 heavy (non-hydrogen) atoms. The zero-order chi connectivity index (χ0) is 9.52. The molecule has 1 heterocycles. The van der Waals surface area contributed by atoms with Gasteiger partial charge in [0.1, 0.15) is 0 Å². The highest BCUT2D eigenvalue weighted by molar-refractivity contribution is 4.65. The zero-order valence-corrected chi connectivity index (χ0v) is 8.92. The van der Waals surface area contributed by atoms with Gasteiger partial charge in [0.2, 0.25) is 0 Å². The van der Waals surface area contributed by atoms with Crippen LogP contribution in [-0.4, -0.2) is 19.0 Å². The summed E-state index contributed by atoms with van der Waals surface area (Å²) < 4.78 is 11.3. The van der Waals surface area contributed by atoms with E-state index in [0.717, 1.165) is 13.0 Å². The Morgan fingerprint density at radius 1 is 1.08 bits per heavy atom. The van der Waals surface area contributed by atoms with Crippen molar-refractivity contribution in [3.8, 4) is 0 Å². The fourth-order valence-corrected chi connectivity index (χ4v) is 1.61. The van der Waals surface area contributed by atoms with Crippen molar-refractivity contribution in [2.24, 2.45) is 0 Å². The number of hydrogen-bond acceptors (Lipinski definition) is 2. The van der Waals surface area contributed by atoms with Crippen molar-refractivity contribution in [1.29, 1.82) is 0 Å². The van der Waals surface area contributed by atoms with Gasteiger partial charge in [0.05, 0.1) is 12.7 Å². The van der Waals surface area contributed by atoms with Gasteiger partial charge in [0.25, 0.3) is 0 Å². The molecule has 0 spiro atoms. The SMILES string of the molecule is CCCCC1COC(CCCC)O1. The first-order chi connectivity index (χ1) is 6.36. The van der Waals surface area contributed by atoms with E-state index < -0.39 is 0 Å². The molecule has 0 bridgehead atoms. The van der Waals surface area contributed by atoms with E-state index in [-0.39, 0.29) is 6.29 Å². The van der Waals surface area contributed by atoms with E-state index in [1.54, 1.807) is 0 Å². The molecule has 0 N–H and O–H groups in total. The average molecular weight is 186 g/mol. The third-order valence-electron chi connectivity index (χ3n) is 2.49. The van der Waals surface area contributed by atoms with E-state index in [1.807, 2.05) is 0 Å². The quantitative estimate of drug-likeness (QED) is 0.634. The molecule has 0 aromatic carbocycles. The van der Waals surface area contributed by atoms with Crippen LogP contribution in [0.3, 0.4) is 0 Å². The molecule has 0 saturated carbocycles. The van der Waals surface area contributed by atoms with Gasteiger partial charge in [-0.15, -0.1) is 0 Å². The number of rotatable bonds is 6. The summed E-state index contributed by atoms with van der Waals surface area (Å²) in [5.41, 5.74) is 0. The van der Waals surface area contributed by atoms with Crippen molar-refractivity contribution in [1.82, 2.24) is 0 Å². The first kappa shape index (κ1) is 11.0. The molecule has 78 valence electrons. The maximum absolute atomic E-state index is 5.74. The predicted octanol–water partition coefficient (Wildman–Crippen LogP) is 3.11. The van der Waals surface area contributed by atoms with Gasteiger partial charge in [0.15, 0.2) is 6.29 Å². The van der Waals surface area contributed by atoms with E-state index in [9.17, 15) is 0 Å². The van der Waals surface area contributed by atoms with Gasteiger partial charge < -0.3 is 9.47 Å². The summed E-state index contributed by atoms with van der Waals surface area (Å²) in [5.74, 6) is 0. The number of ether oxygens (including phenoxy) is 2. The lowest BCUT2D eigenvalue weighted by Crippen LogP contribution is -2.12. The average Bonchev–Trinajstić information content (AvgIpc) is 2.59. The fourth-order valence-electron chi connectivity index (χ4n) is 1.61. The van der Waals surface area contributed by atoms with Crippen LogP contribution in [0.5, 0.6) is 0 Å². The van der Waals surface area contributed by atoms with Gasteiger partial charge in [-0.2, -0.15) is 0 Å². The molecule has 1 fully saturated rings. The van der Waals surface area contributed by atoms with Crippen molar-refractivity contribution < 1.29 is 9.47 Å². The van der Waals surface area contributed by atoms with Crippen LogP contribution in [0.25, 0.3) is 0 Å². The molecule has 0 aliphatic carbocycles. The molecule has 1 aliphatic rings. The van der Waals surface area contributed by atoms with Gasteiger partial charge in [-0.25, -0.2) is 0 Å². The summed E-state index contributed by atoms with van der Waals surface area (Å²) in [6.45, 7) is 5.22. The Labute approximate surface area is 81.6 Å². The molecule has 2 heteroatoms. The van der Waals surface area contributed by atoms with E-state index in [2.05, 4.69) is 13.8 Å². The van der Waals surface area contributed by atoms with Crippen LogP contribution in [0.4, 0.5) is 0 Å². The van der Waals surface area contributed by atoms with Crippen LogP contribution < -0.4 is 0 Å². The summed E-state index contributed by atoms with van der Waals surface area (Å²) in [5, 5.41) is 0. The largest absolute Gasteiger partial charge is 0.350 e. The standard InChI is InChI=1S/C11H22O2/c1-3-5-7-10-9-12-11(13-10)8-6-4-2/h10-11H,3-9H2,1-2H3. The molecule has 0 aromatic heterocycles. The second kappa shape index (κ2) is 6.39. The maximum Gasteiger partial charge on any atom is 0.158 e. The zero-order valence-electron chi connectivity index (χ0n) is 8.92. The lowest BCUT2D eigenvalue weighted by molar-refractivity contribution is -0.0640. The first-order valence-corrected chi connectivity index (χ1v) is 5.63. The van der Waals surface area contributed by atoms with Crippen molar-refractivity contribution in [3.63, 3.8) is 0 Å². The summed E-state index contributed by atoms with van der Waals surface area (Å²) >= 11 is 0. The van der Waals surface area contributed by atoms with Crippen LogP contribution >= 0.6 is 0 Å². The Morgan fingerprint density at radius 2 is 1.77 bits per heavy atom. The second-order valence-electron chi connectivity index (χ2n) is 3.81. The summed E-state index contributed by atoms with van der Waals surface area (Å²) in [6, 6.07) is 0. The van der Waals surface area contributed by atoms with Crippen molar-refractivity contribution >= 4 is 0 Å². The normalized spacial score (nSPS) is 28.2. The van der Waals surface area contributed by atoms with Gasteiger partial charge in [0, 0.05) is 0 Å². The molecule has 1 rings (SSSR count). The lowest BCUT2D eigenvalue weighted by atomic mass is 10.2. The molecular weight excluding hydrogens is 164 g/mol. The summed E-state index contributed by atoms with van der Waals surface area (Å²) in [6.07, 6.45) is 7.66. The van der Waals surface area contributed by atoms with Gasteiger partial charge in [-0.1, -0.05) is 33.1 Å². The highest BCUT2D eigenvalue weighted by Crippen LogP contribution is 2.20. The van der Waals surface area contributed by atoms with Crippen LogP contribution in [0.15, 0.2) is 0 Å². The highest BCUT2D eigenvalue weighted by Gasteiger charge is 2.24. The minimum absolute atomic E-state index is 0.0989. The number of hydrogen-bond donors (Lipinski definition) is 0. The van der Waals surface area contributed by atoms with Crippen LogP contribution in [0.1, 0.15) is 52.4 Å². The highest BCUT2D eigenvalue weighted by atomic mass is 16.7. The summed E-state index contributed by atoms with van der Waals surface area (Å²) in [7, 11) is 0. The molecule has 2 nitrogen and oxygen atoms in total. The lowest BCUT2D eigenvalue weighted by Gasteiger charge is -2.10. The van der Waals surface area contributed by atoms with Crippen LogP contribution in [-0.2, 0) is 9.47 Å². The summed E-state index contributed by atoms with van der Waals surface area (Å²) in [4.78, 5) is 0. The molecule has 0 amide bonds. The fraction of sp³-hybridized carbons (Fsp3) is 1.00. The predicted molar refractivity (Wildman–Crippen MR) is 53.7 cm³/mol. The third kappa shape index (κ3) is 4.10.